The number of halogens is 1. The molecule has 20 heavy (non-hydrogen) atoms. The molecule has 3 amide bonds. The largest absolute Gasteiger partial charge is 0.330 e. The highest BCUT2D eigenvalue weighted by Crippen LogP contribution is 2.31. The monoisotopic (exact) mass is 295 g/mol. The zero-order valence-electron chi connectivity index (χ0n) is 11.1. The number of hydrogen-bond acceptors (Lipinski definition) is 3. The fourth-order valence-corrected chi connectivity index (χ4v) is 2.59. The quantitative estimate of drug-likeness (QED) is 0.553. The Hall–Kier alpha value is -1.59. The van der Waals surface area contributed by atoms with Crippen molar-refractivity contribution >= 4 is 23.5 Å². The van der Waals surface area contributed by atoms with Crippen LogP contribution in [0.25, 0.3) is 0 Å². The van der Waals surface area contributed by atoms with Gasteiger partial charge in [-0.05, 0) is 37.1 Å². The van der Waals surface area contributed by atoms with Gasteiger partial charge in [0.15, 0.2) is 0 Å². The first-order valence-corrected chi connectivity index (χ1v) is 7.06. The maximum Gasteiger partial charge on any atom is 0.322 e. The summed E-state index contributed by atoms with van der Waals surface area (Å²) in [6.07, 6.45) is 3.20. The van der Waals surface area contributed by atoms with Crippen LogP contribution in [0.15, 0.2) is 24.3 Å². The van der Waals surface area contributed by atoms with E-state index in [-0.39, 0.29) is 5.91 Å². The van der Waals surface area contributed by atoms with E-state index in [1.807, 2.05) is 0 Å². The molecule has 5 nitrogen and oxygen atoms in total. The van der Waals surface area contributed by atoms with Crippen LogP contribution in [0.1, 0.15) is 31.2 Å². The van der Waals surface area contributed by atoms with E-state index in [9.17, 15) is 9.59 Å². The molecule has 108 valence electrons. The molecule has 1 heterocycles. The minimum atomic E-state index is -0.990. The smallest absolute Gasteiger partial charge is 0.322 e. The highest BCUT2D eigenvalue weighted by molar-refractivity contribution is 6.30. The molecule has 1 aromatic rings. The van der Waals surface area contributed by atoms with Crippen LogP contribution >= 0.6 is 11.6 Å². The Bertz CT molecular complexity index is 504. The summed E-state index contributed by atoms with van der Waals surface area (Å²) in [5, 5.41) is 5.67. The lowest BCUT2D eigenvalue weighted by Gasteiger charge is -2.26. The van der Waals surface area contributed by atoms with Crippen molar-refractivity contribution in [3.63, 3.8) is 0 Å². The van der Waals surface area contributed by atoms with Crippen molar-refractivity contribution in [2.24, 2.45) is 5.73 Å². The second kappa shape index (κ2) is 6.24. The molecule has 2 rings (SSSR count). The molecule has 1 aliphatic rings. The Morgan fingerprint density at radius 2 is 1.80 bits per heavy atom. The molecular weight excluding hydrogens is 278 g/mol. The molecule has 1 fully saturated rings. The van der Waals surface area contributed by atoms with Crippen molar-refractivity contribution in [1.29, 1.82) is 0 Å². The third kappa shape index (κ3) is 2.94. The van der Waals surface area contributed by atoms with Gasteiger partial charge in [0.2, 0.25) is 0 Å². The lowest BCUT2D eigenvalue weighted by molar-refractivity contribution is -0.124. The van der Waals surface area contributed by atoms with Crippen molar-refractivity contribution in [3.8, 4) is 0 Å². The SMILES string of the molecule is NCCCCCC1(c2ccc(Cl)cc2)NC(=O)NC1=O. The molecule has 1 aromatic carbocycles. The average Bonchev–Trinajstić information content (AvgIpc) is 2.71. The van der Waals surface area contributed by atoms with Crippen LogP contribution in [0.3, 0.4) is 0 Å². The second-order valence-electron chi connectivity index (χ2n) is 4.92. The van der Waals surface area contributed by atoms with Crippen molar-refractivity contribution in [3.05, 3.63) is 34.9 Å². The van der Waals surface area contributed by atoms with Crippen LogP contribution in [0.5, 0.6) is 0 Å². The van der Waals surface area contributed by atoms with E-state index in [2.05, 4.69) is 10.6 Å². The first kappa shape index (κ1) is 14.8. The van der Waals surface area contributed by atoms with Crippen LogP contribution in [0.4, 0.5) is 4.79 Å². The van der Waals surface area contributed by atoms with Gasteiger partial charge in [0.25, 0.3) is 5.91 Å². The Morgan fingerprint density at radius 1 is 1.10 bits per heavy atom. The Balaban J connectivity index is 2.22. The molecule has 4 N–H and O–H groups in total. The standard InChI is InChI=1S/C14H18ClN3O2/c15-11-6-4-10(5-7-11)14(8-2-1-3-9-16)12(19)17-13(20)18-14/h4-7H,1-3,8-9,16H2,(H2,17,18,19,20). The fourth-order valence-electron chi connectivity index (χ4n) is 2.46. The number of carbonyl (C=O) groups excluding carboxylic acids is 2. The van der Waals surface area contributed by atoms with Crippen molar-refractivity contribution in [2.45, 2.75) is 31.2 Å². The van der Waals surface area contributed by atoms with Crippen LogP contribution in [0, 0.1) is 0 Å². The fraction of sp³-hybridized carbons (Fsp3) is 0.429. The summed E-state index contributed by atoms with van der Waals surface area (Å²) < 4.78 is 0. The number of urea groups is 1. The van der Waals surface area contributed by atoms with Crippen LogP contribution in [-0.2, 0) is 10.3 Å². The van der Waals surface area contributed by atoms with Gasteiger partial charge < -0.3 is 11.1 Å². The van der Waals surface area contributed by atoms with Crippen molar-refractivity contribution in [1.82, 2.24) is 10.6 Å². The molecule has 0 aliphatic carbocycles. The first-order chi connectivity index (χ1) is 9.58. The molecule has 0 radical (unpaired) electrons. The minimum Gasteiger partial charge on any atom is -0.330 e. The van der Waals surface area contributed by atoms with Crippen LogP contribution < -0.4 is 16.4 Å². The summed E-state index contributed by atoms with van der Waals surface area (Å²) in [7, 11) is 0. The predicted octanol–water partition coefficient (Wildman–Crippen LogP) is 1.89. The Morgan fingerprint density at radius 3 is 2.35 bits per heavy atom. The van der Waals surface area contributed by atoms with E-state index in [1.165, 1.54) is 0 Å². The summed E-state index contributed by atoms with van der Waals surface area (Å²) in [4.78, 5) is 23.7. The average molecular weight is 296 g/mol. The molecule has 0 bridgehead atoms. The zero-order valence-corrected chi connectivity index (χ0v) is 11.9. The number of benzene rings is 1. The van der Waals surface area contributed by atoms with Crippen LogP contribution in [-0.4, -0.2) is 18.5 Å². The van der Waals surface area contributed by atoms with E-state index in [4.69, 9.17) is 17.3 Å². The molecule has 1 aliphatic heterocycles. The van der Waals surface area contributed by atoms with Gasteiger partial charge in [-0.1, -0.05) is 36.6 Å². The maximum atomic E-state index is 12.2. The molecule has 6 heteroatoms. The third-order valence-electron chi connectivity index (χ3n) is 3.53. The van der Waals surface area contributed by atoms with Gasteiger partial charge >= 0.3 is 6.03 Å². The summed E-state index contributed by atoms with van der Waals surface area (Å²) in [6.45, 7) is 0.631. The summed E-state index contributed by atoms with van der Waals surface area (Å²) in [5.41, 5.74) is 5.23. The van der Waals surface area contributed by atoms with E-state index in [0.29, 0.717) is 18.0 Å². The van der Waals surface area contributed by atoms with E-state index in [0.717, 1.165) is 24.8 Å². The Kier molecular flexibility index (Phi) is 4.62. The second-order valence-corrected chi connectivity index (χ2v) is 5.36. The molecule has 0 spiro atoms. The van der Waals surface area contributed by atoms with Gasteiger partial charge in [0, 0.05) is 5.02 Å². The number of unbranched alkanes of at least 4 members (excludes halogenated alkanes) is 2. The minimum absolute atomic E-state index is 0.308. The number of nitrogens with one attached hydrogen (secondary N) is 2. The molecule has 1 atom stereocenters. The maximum absolute atomic E-state index is 12.2. The normalized spacial score (nSPS) is 21.7. The molecular formula is C14H18ClN3O2. The predicted molar refractivity (Wildman–Crippen MR) is 77.3 cm³/mol. The number of nitrogens with two attached hydrogens (primary N) is 1. The number of hydrogen-bond donors (Lipinski definition) is 3. The number of carbonyl (C=O) groups is 2. The number of amides is 3. The van der Waals surface area contributed by atoms with Gasteiger partial charge in [-0.25, -0.2) is 4.79 Å². The van der Waals surface area contributed by atoms with E-state index in [1.54, 1.807) is 24.3 Å². The Labute approximate surface area is 122 Å². The molecule has 0 saturated carbocycles. The third-order valence-corrected chi connectivity index (χ3v) is 3.79. The molecule has 1 unspecified atom stereocenters. The lowest BCUT2D eigenvalue weighted by atomic mass is 9.85. The highest BCUT2D eigenvalue weighted by Gasteiger charge is 2.46. The highest BCUT2D eigenvalue weighted by atomic mass is 35.5. The topological polar surface area (TPSA) is 84.2 Å². The van der Waals surface area contributed by atoms with Gasteiger partial charge in [-0.2, -0.15) is 0 Å². The van der Waals surface area contributed by atoms with Crippen molar-refractivity contribution in [2.75, 3.05) is 6.54 Å². The zero-order chi connectivity index (χ0) is 14.6. The van der Waals surface area contributed by atoms with Gasteiger partial charge in [-0.3, -0.25) is 10.1 Å². The van der Waals surface area contributed by atoms with E-state index >= 15 is 0 Å². The van der Waals surface area contributed by atoms with Crippen LogP contribution in [0.2, 0.25) is 5.02 Å². The molecule has 0 aromatic heterocycles. The summed E-state index contributed by atoms with van der Waals surface area (Å²) >= 11 is 5.87. The molecule has 1 saturated heterocycles. The van der Waals surface area contributed by atoms with Gasteiger partial charge in [0.05, 0.1) is 0 Å². The van der Waals surface area contributed by atoms with Gasteiger partial charge in [0.1, 0.15) is 5.54 Å². The first-order valence-electron chi connectivity index (χ1n) is 6.68. The summed E-state index contributed by atoms with van der Waals surface area (Å²) in [5.74, 6) is -0.308. The summed E-state index contributed by atoms with van der Waals surface area (Å²) in [6, 6.07) is 6.53. The van der Waals surface area contributed by atoms with E-state index < -0.39 is 11.6 Å². The van der Waals surface area contributed by atoms with Crippen molar-refractivity contribution < 1.29 is 9.59 Å². The number of rotatable bonds is 6. The van der Waals surface area contributed by atoms with Gasteiger partial charge in [-0.15, -0.1) is 0 Å². The lowest BCUT2D eigenvalue weighted by Crippen LogP contribution is -2.43. The number of imide groups is 1.